The van der Waals surface area contributed by atoms with Gasteiger partial charge in [0.2, 0.25) is 0 Å². The van der Waals surface area contributed by atoms with Gasteiger partial charge in [-0.05, 0) is 30.7 Å². The van der Waals surface area contributed by atoms with Crippen LogP contribution in [0.25, 0.3) is 0 Å². The molecule has 6 nitrogen and oxygen atoms in total. The van der Waals surface area contributed by atoms with Crippen molar-refractivity contribution < 1.29 is 36.5 Å². The number of sulfone groups is 1. The zero-order valence-corrected chi connectivity index (χ0v) is 15.7. The molecule has 10 heteroatoms. The Bertz CT molecular complexity index is 1100. The summed E-state index contributed by atoms with van der Waals surface area (Å²) in [5, 5.41) is 27.9. The molecule has 1 aliphatic rings. The van der Waals surface area contributed by atoms with Crippen molar-refractivity contribution in [3.05, 3.63) is 52.8 Å². The second-order valence-electron chi connectivity index (χ2n) is 6.58. The first-order valence-corrected chi connectivity index (χ1v) is 10.2. The van der Waals surface area contributed by atoms with Crippen molar-refractivity contribution in [3.8, 4) is 17.6 Å². The zero-order valence-electron chi connectivity index (χ0n) is 14.9. The minimum atomic E-state index is -4.05. The Morgan fingerprint density at radius 3 is 2.66 bits per heavy atom. The lowest BCUT2D eigenvalue weighted by molar-refractivity contribution is -0.0976. The molecule has 0 aliphatic heterocycles. The van der Waals surface area contributed by atoms with Crippen LogP contribution in [0.1, 0.15) is 29.2 Å². The molecule has 2 aromatic carbocycles. The summed E-state index contributed by atoms with van der Waals surface area (Å²) in [6, 6.07) is 7.03. The second-order valence-corrected chi connectivity index (χ2v) is 8.66. The molecular weight excluding hydrogens is 411 g/mol. The average Bonchev–Trinajstić information content (AvgIpc) is 2.90. The van der Waals surface area contributed by atoms with Crippen LogP contribution in [0.4, 0.5) is 13.2 Å². The van der Waals surface area contributed by atoms with Crippen molar-refractivity contribution in [2.45, 2.75) is 29.8 Å². The second kappa shape index (κ2) is 7.67. The predicted octanol–water partition coefficient (Wildman–Crippen LogP) is 2.87. The van der Waals surface area contributed by atoms with Crippen LogP contribution in [-0.2, 0) is 16.3 Å². The third kappa shape index (κ3) is 4.07. The lowest BCUT2D eigenvalue weighted by Gasteiger charge is -2.17. The quantitative estimate of drug-likeness (QED) is 0.734. The fourth-order valence-electron chi connectivity index (χ4n) is 3.19. The number of halogens is 3. The van der Waals surface area contributed by atoms with E-state index < -0.39 is 56.9 Å². The summed E-state index contributed by atoms with van der Waals surface area (Å²) in [5.74, 6) is -5.19. The standard InChI is InChI=1S/C19H16F3NO5S/c20-12-6-11(10-23)7-13(8-12)28-15-2-3-16(29(26,27)5-1-4-24)17-14(15)9-19(21,22)18(17)25/h2-3,6-8,18,24-25H,1,4-5,9H2/t18-/m0/s1. The van der Waals surface area contributed by atoms with E-state index in [1.54, 1.807) is 6.07 Å². The first-order chi connectivity index (χ1) is 13.6. The van der Waals surface area contributed by atoms with Gasteiger partial charge in [0.1, 0.15) is 23.4 Å². The summed E-state index contributed by atoms with van der Waals surface area (Å²) in [5.41, 5.74) is -0.733. The van der Waals surface area contributed by atoms with Gasteiger partial charge in [-0.2, -0.15) is 5.26 Å². The maximum Gasteiger partial charge on any atom is 0.281 e. The molecule has 1 atom stereocenters. The van der Waals surface area contributed by atoms with Crippen LogP contribution in [-0.4, -0.2) is 36.9 Å². The lowest BCUT2D eigenvalue weighted by Crippen LogP contribution is -2.22. The fourth-order valence-corrected chi connectivity index (χ4v) is 4.77. The number of nitriles is 1. The number of nitrogens with zero attached hydrogens (tertiary/aromatic N) is 1. The predicted molar refractivity (Wildman–Crippen MR) is 95.0 cm³/mol. The summed E-state index contributed by atoms with van der Waals surface area (Å²) >= 11 is 0. The van der Waals surface area contributed by atoms with E-state index in [1.807, 2.05) is 0 Å². The van der Waals surface area contributed by atoms with Crippen LogP contribution in [0.3, 0.4) is 0 Å². The molecular formula is C19H16F3NO5S. The Morgan fingerprint density at radius 1 is 1.28 bits per heavy atom. The Morgan fingerprint density at radius 2 is 2.00 bits per heavy atom. The van der Waals surface area contributed by atoms with Crippen molar-refractivity contribution in [2.24, 2.45) is 0 Å². The van der Waals surface area contributed by atoms with Gasteiger partial charge in [0.05, 0.1) is 22.3 Å². The maximum absolute atomic E-state index is 14.2. The first kappa shape index (κ1) is 21.1. The smallest absolute Gasteiger partial charge is 0.281 e. The van der Waals surface area contributed by atoms with Crippen LogP contribution in [0.2, 0.25) is 0 Å². The first-order valence-electron chi connectivity index (χ1n) is 8.53. The molecule has 0 saturated carbocycles. The summed E-state index contributed by atoms with van der Waals surface area (Å²) < 4.78 is 72.5. The molecule has 0 unspecified atom stereocenters. The molecule has 29 heavy (non-hydrogen) atoms. The van der Waals surface area contributed by atoms with Crippen molar-refractivity contribution in [3.63, 3.8) is 0 Å². The monoisotopic (exact) mass is 427 g/mol. The lowest BCUT2D eigenvalue weighted by atomic mass is 10.1. The Labute approximate surface area is 164 Å². The van der Waals surface area contributed by atoms with Gasteiger partial charge in [0.15, 0.2) is 9.84 Å². The number of benzene rings is 2. The van der Waals surface area contributed by atoms with Crippen LogP contribution >= 0.6 is 0 Å². The van der Waals surface area contributed by atoms with Crippen LogP contribution in [0.5, 0.6) is 11.5 Å². The van der Waals surface area contributed by atoms with Crippen LogP contribution in [0, 0.1) is 17.1 Å². The van der Waals surface area contributed by atoms with Gasteiger partial charge in [-0.1, -0.05) is 0 Å². The molecule has 2 aromatic rings. The van der Waals surface area contributed by atoms with E-state index in [0.29, 0.717) is 0 Å². The molecule has 0 saturated heterocycles. The van der Waals surface area contributed by atoms with E-state index in [4.69, 9.17) is 15.1 Å². The highest BCUT2D eigenvalue weighted by Gasteiger charge is 2.50. The highest BCUT2D eigenvalue weighted by Crippen LogP contribution is 2.49. The summed E-state index contributed by atoms with van der Waals surface area (Å²) in [4.78, 5) is -0.463. The number of fused-ring (bicyclic) bond motifs is 1. The van der Waals surface area contributed by atoms with E-state index in [-0.39, 0.29) is 29.0 Å². The third-order valence-electron chi connectivity index (χ3n) is 4.49. The summed E-state index contributed by atoms with van der Waals surface area (Å²) in [6.45, 7) is -0.401. The molecule has 0 spiro atoms. The minimum Gasteiger partial charge on any atom is -0.457 e. The van der Waals surface area contributed by atoms with E-state index >= 15 is 0 Å². The third-order valence-corrected chi connectivity index (χ3v) is 6.35. The summed E-state index contributed by atoms with van der Waals surface area (Å²) in [6.07, 6.45) is -3.42. The molecule has 0 bridgehead atoms. The minimum absolute atomic E-state index is 0.0507. The molecule has 0 radical (unpaired) electrons. The molecule has 154 valence electrons. The van der Waals surface area contributed by atoms with Gasteiger partial charge >= 0.3 is 0 Å². The number of aliphatic hydroxyl groups excluding tert-OH is 2. The van der Waals surface area contributed by atoms with Crippen molar-refractivity contribution in [1.82, 2.24) is 0 Å². The molecule has 2 N–H and O–H groups in total. The van der Waals surface area contributed by atoms with Crippen molar-refractivity contribution >= 4 is 9.84 Å². The van der Waals surface area contributed by atoms with Gasteiger partial charge in [-0.25, -0.2) is 21.6 Å². The van der Waals surface area contributed by atoms with Crippen molar-refractivity contribution in [2.75, 3.05) is 12.4 Å². The van der Waals surface area contributed by atoms with Gasteiger partial charge in [0.25, 0.3) is 5.92 Å². The SMILES string of the molecule is N#Cc1cc(F)cc(Oc2ccc(S(=O)(=O)CCCO)c3c2CC(F)(F)[C@H]3O)c1. The Balaban J connectivity index is 2.11. The van der Waals surface area contributed by atoms with Gasteiger partial charge < -0.3 is 14.9 Å². The highest BCUT2D eigenvalue weighted by atomic mass is 32.2. The molecule has 1 aliphatic carbocycles. The number of alkyl halides is 2. The van der Waals surface area contributed by atoms with Crippen LogP contribution in [0.15, 0.2) is 35.2 Å². The topological polar surface area (TPSA) is 108 Å². The summed E-state index contributed by atoms with van der Waals surface area (Å²) in [7, 11) is -4.05. The Kier molecular flexibility index (Phi) is 5.58. The molecule has 0 aromatic heterocycles. The normalized spacial score (nSPS) is 17.6. The molecule has 0 amide bonds. The zero-order chi connectivity index (χ0) is 21.4. The largest absolute Gasteiger partial charge is 0.457 e. The van der Waals surface area contributed by atoms with E-state index in [0.717, 1.165) is 24.3 Å². The van der Waals surface area contributed by atoms with E-state index in [1.165, 1.54) is 6.07 Å². The van der Waals surface area contributed by atoms with E-state index in [9.17, 15) is 26.7 Å². The van der Waals surface area contributed by atoms with Crippen molar-refractivity contribution in [1.29, 1.82) is 5.26 Å². The number of aliphatic hydroxyl groups is 2. The molecule has 0 fully saturated rings. The number of hydrogen-bond donors (Lipinski definition) is 2. The van der Waals surface area contributed by atoms with E-state index in [2.05, 4.69) is 0 Å². The maximum atomic E-state index is 14.2. The number of rotatable bonds is 6. The van der Waals surface area contributed by atoms with Gasteiger partial charge in [-0.15, -0.1) is 0 Å². The average molecular weight is 427 g/mol. The van der Waals surface area contributed by atoms with Gasteiger partial charge in [-0.3, -0.25) is 0 Å². The highest BCUT2D eigenvalue weighted by molar-refractivity contribution is 7.91. The van der Waals surface area contributed by atoms with Gasteiger partial charge in [0, 0.05) is 30.2 Å². The number of ether oxygens (including phenoxy) is 1. The van der Waals surface area contributed by atoms with Crippen LogP contribution < -0.4 is 4.74 Å². The Hall–Kier alpha value is -2.61. The fraction of sp³-hybridized carbons (Fsp3) is 0.316. The number of hydrogen-bond acceptors (Lipinski definition) is 6. The molecule has 3 rings (SSSR count). The molecule has 0 heterocycles.